The first-order chi connectivity index (χ1) is 4.20. The molecule has 0 unspecified atom stereocenters. The van der Waals surface area contributed by atoms with E-state index in [0.29, 0.717) is 5.69 Å². The van der Waals surface area contributed by atoms with Gasteiger partial charge in [0.25, 0.3) is 0 Å². The van der Waals surface area contributed by atoms with Crippen molar-refractivity contribution in [1.82, 2.24) is 10.2 Å². The lowest BCUT2D eigenvalue weighted by Gasteiger charge is -1.77. The summed E-state index contributed by atoms with van der Waals surface area (Å²) in [5.74, 6) is -1.04. The smallest absolute Gasteiger partial charge is 0.356 e. The quantitative estimate of drug-likeness (QED) is 0.566. The molecule has 0 amide bonds. The fourth-order valence-electron chi connectivity index (χ4n) is 0.471. The van der Waals surface area contributed by atoms with Gasteiger partial charge in [0.1, 0.15) is 0 Å². The Hall–Kier alpha value is -1.32. The first-order valence-electron chi connectivity index (χ1n) is 2.31. The summed E-state index contributed by atoms with van der Waals surface area (Å²) in [6.07, 6.45) is 0. The van der Waals surface area contributed by atoms with E-state index in [1.54, 1.807) is 0 Å². The molecule has 9 heavy (non-hydrogen) atoms. The van der Waals surface area contributed by atoms with Crippen LogP contribution in [0.15, 0.2) is 6.07 Å². The number of carbonyl (C=O) groups is 1. The van der Waals surface area contributed by atoms with Crippen LogP contribution in [-0.4, -0.2) is 21.3 Å². The van der Waals surface area contributed by atoms with Gasteiger partial charge in [0.05, 0.1) is 0 Å². The van der Waals surface area contributed by atoms with Crippen LogP contribution in [0.25, 0.3) is 0 Å². The van der Waals surface area contributed by atoms with Crippen molar-refractivity contribution >= 4 is 5.97 Å². The molecule has 2 N–H and O–H groups in total. The molecule has 1 aromatic rings. The normalized spacial score (nSPS) is 9.44. The van der Waals surface area contributed by atoms with Crippen molar-refractivity contribution in [2.45, 2.75) is 0 Å². The number of nitrogens with one attached hydrogen (secondary N) is 1. The molecule has 47 valence electrons. The van der Waals surface area contributed by atoms with Gasteiger partial charge < -0.3 is 5.11 Å². The Kier molecular flexibility index (Phi) is 1.22. The van der Waals surface area contributed by atoms with Crippen molar-refractivity contribution in [3.8, 4) is 0 Å². The van der Waals surface area contributed by atoms with Crippen LogP contribution in [0.5, 0.6) is 0 Å². The van der Waals surface area contributed by atoms with E-state index in [2.05, 4.69) is 17.1 Å². The van der Waals surface area contributed by atoms with E-state index in [-0.39, 0.29) is 5.69 Å². The average molecular weight is 125 g/mol. The minimum atomic E-state index is -1.04. The van der Waals surface area contributed by atoms with Gasteiger partial charge in [-0.05, 0) is 13.0 Å². The zero-order chi connectivity index (χ0) is 6.85. The molecule has 1 radical (unpaired) electrons. The molecule has 1 aromatic heterocycles. The maximum Gasteiger partial charge on any atom is 0.356 e. The lowest BCUT2D eigenvalue weighted by molar-refractivity contribution is 0.0690. The van der Waals surface area contributed by atoms with Crippen LogP contribution in [0.1, 0.15) is 16.2 Å². The second-order valence-corrected chi connectivity index (χ2v) is 1.58. The number of H-pyrrole nitrogens is 1. The predicted octanol–water partition coefficient (Wildman–Crippen LogP) is 0.290. The zero-order valence-electron chi connectivity index (χ0n) is 4.59. The van der Waals surface area contributed by atoms with Crippen molar-refractivity contribution in [1.29, 1.82) is 0 Å². The van der Waals surface area contributed by atoms with E-state index in [0.717, 1.165) is 0 Å². The van der Waals surface area contributed by atoms with Gasteiger partial charge in [-0.1, -0.05) is 0 Å². The first kappa shape index (κ1) is 5.81. The Bertz CT molecular complexity index is 229. The Morgan fingerprint density at radius 1 is 1.89 bits per heavy atom. The predicted molar refractivity (Wildman–Crippen MR) is 30.0 cm³/mol. The van der Waals surface area contributed by atoms with Crippen LogP contribution in [0.4, 0.5) is 0 Å². The molecular weight excluding hydrogens is 120 g/mol. The Labute approximate surface area is 51.5 Å². The lowest BCUT2D eigenvalue weighted by Crippen LogP contribution is -1.95. The third-order valence-corrected chi connectivity index (χ3v) is 0.850. The fraction of sp³-hybridized carbons (Fsp3) is 0. The summed E-state index contributed by atoms with van der Waals surface area (Å²) in [6.45, 7) is 3.44. The number of nitrogens with zero attached hydrogens (tertiary/aromatic N) is 1. The van der Waals surface area contributed by atoms with Gasteiger partial charge in [-0.15, -0.1) is 0 Å². The largest absolute Gasteiger partial charge is 0.476 e. The maximum atomic E-state index is 10.1. The maximum absolute atomic E-state index is 10.1. The second-order valence-electron chi connectivity index (χ2n) is 1.58. The third kappa shape index (κ3) is 1.07. The van der Waals surface area contributed by atoms with Gasteiger partial charge in [-0.25, -0.2) is 4.79 Å². The van der Waals surface area contributed by atoms with Crippen LogP contribution < -0.4 is 0 Å². The molecule has 0 spiro atoms. The summed E-state index contributed by atoms with van der Waals surface area (Å²) in [7, 11) is 0. The number of carboxylic acids is 1. The molecule has 4 nitrogen and oxygen atoms in total. The molecule has 0 aliphatic heterocycles. The summed E-state index contributed by atoms with van der Waals surface area (Å²) < 4.78 is 0. The zero-order valence-corrected chi connectivity index (χ0v) is 4.59. The van der Waals surface area contributed by atoms with Crippen molar-refractivity contribution in [3.63, 3.8) is 0 Å². The molecule has 0 fully saturated rings. The van der Waals surface area contributed by atoms with E-state index >= 15 is 0 Å². The SMILES string of the molecule is [CH2]c1cc(C(=O)O)n[nH]1. The van der Waals surface area contributed by atoms with Crippen LogP contribution in [-0.2, 0) is 0 Å². The van der Waals surface area contributed by atoms with Crippen molar-refractivity contribution in [2.75, 3.05) is 0 Å². The lowest BCUT2D eigenvalue weighted by atomic mass is 10.4. The molecule has 0 saturated carbocycles. The molecule has 0 bridgehead atoms. The molecule has 1 heterocycles. The fourth-order valence-corrected chi connectivity index (χ4v) is 0.471. The van der Waals surface area contributed by atoms with E-state index in [1.165, 1.54) is 6.07 Å². The number of aromatic carboxylic acids is 1. The van der Waals surface area contributed by atoms with E-state index in [1.807, 2.05) is 0 Å². The molecule has 0 atom stereocenters. The van der Waals surface area contributed by atoms with Crippen molar-refractivity contribution < 1.29 is 9.90 Å². The average Bonchev–Trinajstić information content (AvgIpc) is 2.14. The number of rotatable bonds is 1. The number of carboxylic acid groups (broad SMARTS) is 1. The highest BCUT2D eigenvalue weighted by Crippen LogP contribution is 1.95. The summed E-state index contributed by atoms with van der Waals surface area (Å²) in [5.41, 5.74) is 0.507. The number of aromatic nitrogens is 2. The van der Waals surface area contributed by atoms with Crippen LogP contribution in [0.3, 0.4) is 0 Å². The third-order valence-electron chi connectivity index (χ3n) is 0.850. The van der Waals surface area contributed by atoms with E-state index < -0.39 is 5.97 Å². The van der Waals surface area contributed by atoms with Crippen LogP contribution in [0.2, 0.25) is 0 Å². The summed E-state index contributed by atoms with van der Waals surface area (Å²) >= 11 is 0. The molecule has 0 saturated heterocycles. The van der Waals surface area contributed by atoms with Gasteiger partial charge in [0, 0.05) is 5.69 Å². The minimum Gasteiger partial charge on any atom is -0.476 e. The Morgan fingerprint density at radius 2 is 2.56 bits per heavy atom. The summed E-state index contributed by atoms with van der Waals surface area (Å²) in [5, 5.41) is 14.1. The minimum absolute atomic E-state index is 0.000000000000000222. The van der Waals surface area contributed by atoms with Gasteiger partial charge in [-0.3, -0.25) is 5.10 Å². The molecule has 0 aromatic carbocycles. The monoisotopic (exact) mass is 125 g/mol. The molecule has 0 aliphatic carbocycles. The second kappa shape index (κ2) is 1.89. The Balaban J connectivity index is 2.98. The van der Waals surface area contributed by atoms with E-state index in [9.17, 15) is 4.79 Å². The van der Waals surface area contributed by atoms with Gasteiger partial charge in [0.15, 0.2) is 5.69 Å². The van der Waals surface area contributed by atoms with Crippen molar-refractivity contribution in [3.05, 3.63) is 24.4 Å². The standard InChI is InChI=1S/C5H5N2O2/c1-3-2-4(5(8)9)7-6-3/h2H,1H2,(H,6,7)(H,8,9). The molecular formula is C5H5N2O2. The van der Waals surface area contributed by atoms with Crippen LogP contribution in [0, 0.1) is 6.92 Å². The topological polar surface area (TPSA) is 66.0 Å². The highest BCUT2D eigenvalue weighted by molar-refractivity contribution is 5.85. The first-order valence-corrected chi connectivity index (χ1v) is 2.31. The number of hydrogen-bond acceptors (Lipinski definition) is 2. The van der Waals surface area contributed by atoms with E-state index in [4.69, 9.17) is 5.11 Å². The van der Waals surface area contributed by atoms with Gasteiger partial charge in [0.2, 0.25) is 0 Å². The molecule has 4 heteroatoms. The van der Waals surface area contributed by atoms with Crippen molar-refractivity contribution in [2.24, 2.45) is 0 Å². The number of hydrogen-bond donors (Lipinski definition) is 2. The Morgan fingerprint density at radius 3 is 2.78 bits per heavy atom. The molecule has 1 rings (SSSR count). The summed E-state index contributed by atoms with van der Waals surface area (Å²) in [4.78, 5) is 10.1. The molecule has 0 aliphatic rings. The van der Waals surface area contributed by atoms with Crippen LogP contribution >= 0.6 is 0 Å². The van der Waals surface area contributed by atoms with Gasteiger partial charge >= 0.3 is 5.97 Å². The highest BCUT2D eigenvalue weighted by Gasteiger charge is 2.04. The van der Waals surface area contributed by atoms with Gasteiger partial charge in [-0.2, -0.15) is 5.10 Å². The highest BCUT2D eigenvalue weighted by atomic mass is 16.4. The summed E-state index contributed by atoms with van der Waals surface area (Å²) in [6, 6.07) is 1.36. The number of aromatic amines is 1.